The van der Waals surface area contributed by atoms with Gasteiger partial charge < -0.3 is 0 Å². The third-order valence-corrected chi connectivity index (χ3v) is 6.70. The van der Waals surface area contributed by atoms with Gasteiger partial charge in [-0.2, -0.15) is 0 Å². The molecule has 4 aromatic rings. The second-order valence-corrected chi connectivity index (χ2v) is 9.53. The first-order chi connectivity index (χ1) is 15.0. The molecular weight excluding hydrogens is 380 g/mol. The lowest BCUT2D eigenvalue weighted by Crippen LogP contribution is -2.27. The molecule has 0 bridgehead atoms. The van der Waals surface area contributed by atoms with Crippen LogP contribution in [-0.2, 0) is 6.54 Å². The van der Waals surface area contributed by atoms with Gasteiger partial charge in [0.15, 0.2) is 0 Å². The Labute approximate surface area is 185 Å². The standard InChI is InChI=1S/C27H34N4/c1-6-13-29(16-22-11-12-22)17-25-21(5)28-27-30(25)23-9-7-8-10-24(23)31(27)26-19(3)14-18(2)15-20(26)4/h7-10,14-15,22H,6,11-13,16-17H2,1-5H3. The van der Waals surface area contributed by atoms with Crippen molar-refractivity contribution in [2.24, 2.45) is 5.92 Å². The summed E-state index contributed by atoms with van der Waals surface area (Å²) in [4.78, 5) is 7.78. The number of aromatic nitrogens is 3. The summed E-state index contributed by atoms with van der Waals surface area (Å²) in [6.07, 6.45) is 3.98. The van der Waals surface area contributed by atoms with E-state index in [1.54, 1.807) is 0 Å². The summed E-state index contributed by atoms with van der Waals surface area (Å²) in [5.41, 5.74) is 10.1. The second-order valence-electron chi connectivity index (χ2n) is 9.53. The number of hydrogen-bond acceptors (Lipinski definition) is 2. The fourth-order valence-electron chi connectivity index (χ4n) is 5.26. The molecule has 0 radical (unpaired) electrons. The molecule has 0 saturated heterocycles. The number of aryl methyl sites for hydroxylation is 4. The summed E-state index contributed by atoms with van der Waals surface area (Å²) in [6, 6.07) is 13.3. The number of rotatable bonds is 7. The molecule has 0 amide bonds. The first-order valence-corrected chi connectivity index (χ1v) is 11.8. The molecule has 0 N–H and O–H groups in total. The summed E-state index contributed by atoms with van der Waals surface area (Å²) in [6.45, 7) is 14.4. The number of fused-ring (bicyclic) bond motifs is 3. The zero-order valence-electron chi connectivity index (χ0n) is 19.6. The van der Waals surface area contributed by atoms with Crippen molar-refractivity contribution in [3.05, 3.63) is 64.5 Å². The van der Waals surface area contributed by atoms with Gasteiger partial charge in [-0.05, 0) is 82.7 Å². The van der Waals surface area contributed by atoms with Crippen LogP contribution in [0.5, 0.6) is 0 Å². The molecule has 5 rings (SSSR count). The van der Waals surface area contributed by atoms with Crippen LogP contribution in [0.1, 0.15) is 54.3 Å². The van der Waals surface area contributed by atoms with Crippen molar-refractivity contribution in [3.8, 4) is 5.69 Å². The molecule has 0 atom stereocenters. The number of imidazole rings is 2. The van der Waals surface area contributed by atoms with E-state index in [1.807, 2.05) is 0 Å². The van der Waals surface area contributed by atoms with Gasteiger partial charge in [0.25, 0.3) is 0 Å². The Balaban J connectivity index is 1.72. The summed E-state index contributed by atoms with van der Waals surface area (Å²) in [7, 11) is 0. The van der Waals surface area contributed by atoms with E-state index in [0.29, 0.717) is 0 Å². The van der Waals surface area contributed by atoms with Gasteiger partial charge in [0.1, 0.15) is 0 Å². The SMILES string of the molecule is CCCN(Cc1c(C)nc2n(-c3c(C)cc(C)cc3C)c3ccccc3n12)CC1CC1. The summed E-state index contributed by atoms with van der Waals surface area (Å²) in [5.74, 6) is 1.93. The highest BCUT2D eigenvalue weighted by atomic mass is 15.2. The van der Waals surface area contributed by atoms with Crippen LogP contribution in [0.15, 0.2) is 36.4 Å². The van der Waals surface area contributed by atoms with Crippen molar-refractivity contribution in [3.63, 3.8) is 0 Å². The minimum atomic E-state index is 0.898. The van der Waals surface area contributed by atoms with E-state index in [2.05, 4.69) is 84.9 Å². The summed E-state index contributed by atoms with van der Waals surface area (Å²) >= 11 is 0. The molecule has 31 heavy (non-hydrogen) atoms. The molecule has 1 aliphatic carbocycles. The Kier molecular flexibility index (Phi) is 5.13. The first kappa shape index (κ1) is 20.3. The zero-order chi connectivity index (χ0) is 21.7. The van der Waals surface area contributed by atoms with E-state index >= 15 is 0 Å². The number of para-hydroxylation sites is 2. The predicted octanol–water partition coefficient (Wildman–Crippen LogP) is 6.13. The van der Waals surface area contributed by atoms with E-state index in [1.165, 1.54) is 64.9 Å². The van der Waals surface area contributed by atoms with Crippen LogP contribution in [-0.4, -0.2) is 31.9 Å². The third-order valence-electron chi connectivity index (χ3n) is 6.70. The monoisotopic (exact) mass is 414 g/mol. The molecule has 162 valence electrons. The van der Waals surface area contributed by atoms with Crippen LogP contribution in [0.25, 0.3) is 22.5 Å². The van der Waals surface area contributed by atoms with Crippen molar-refractivity contribution in [2.45, 2.75) is 60.4 Å². The normalized spacial score (nSPS) is 14.4. The summed E-state index contributed by atoms with van der Waals surface area (Å²) in [5, 5.41) is 0. The molecule has 4 nitrogen and oxygen atoms in total. The van der Waals surface area contributed by atoms with Gasteiger partial charge in [0.05, 0.1) is 28.1 Å². The van der Waals surface area contributed by atoms with Crippen LogP contribution >= 0.6 is 0 Å². The molecule has 1 fully saturated rings. The quantitative estimate of drug-likeness (QED) is 0.363. The van der Waals surface area contributed by atoms with Crippen molar-refractivity contribution >= 4 is 16.8 Å². The van der Waals surface area contributed by atoms with Gasteiger partial charge in [-0.1, -0.05) is 36.8 Å². The van der Waals surface area contributed by atoms with Crippen LogP contribution in [0, 0.1) is 33.6 Å². The van der Waals surface area contributed by atoms with E-state index < -0.39 is 0 Å². The zero-order valence-corrected chi connectivity index (χ0v) is 19.6. The first-order valence-electron chi connectivity index (χ1n) is 11.8. The topological polar surface area (TPSA) is 25.5 Å². The number of hydrogen-bond donors (Lipinski definition) is 0. The predicted molar refractivity (Wildman–Crippen MR) is 129 cm³/mol. The third kappa shape index (κ3) is 3.57. The smallest absolute Gasteiger partial charge is 0.220 e. The molecule has 0 spiro atoms. The van der Waals surface area contributed by atoms with Crippen molar-refractivity contribution < 1.29 is 0 Å². The molecule has 1 saturated carbocycles. The van der Waals surface area contributed by atoms with Crippen LogP contribution in [0.2, 0.25) is 0 Å². The molecule has 0 aliphatic heterocycles. The minimum absolute atomic E-state index is 0.898. The van der Waals surface area contributed by atoms with Gasteiger partial charge >= 0.3 is 0 Å². The molecule has 4 heteroatoms. The maximum absolute atomic E-state index is 5.14. The van der Waals surface area contributed by atoms with E-state index in [9.17, 15) is 0 Å². The molecule has 1 aliphatic rings. The molecular formula is C27H34N4. The van der Waals surface area contributed by atoms with Gasteiger partial charge in [0, 0.05) is 13.1 Å². The lowest BCUT2D eigenvalue weighted by molar-refractivity contribution is 0.251. The molecule has 2 heterocycles. The number of benzene rings is 2. The van der Waals surface area contributed by atoms with Gasteiger partial charge in [-0.15, -0.1) is 0 Å². The average molecular weight is 415 g/mol. The highest BCUT2D eigenvalue weighted by molar-refractivity contribution is 5.85. The lowest BCUT2D eigenvalue weighted by atomic mass is 10.0. The molecule has 2 aromatic heterocycles. The Morgan fingerprint density at radius 2 is 1.68 bits per heavy atom. The van der Waals surface area contributed by atoms with E-state index in [4.69, 9.17) is 4.98 Å². The van der Waals surface area contributed by atoms with Crippen LogP contribution in [0.3, 0.4) is 0 Å². The number of nitrogens with zero attached hydrogens (tertiary/aromatic N) is 4. The maximum atomic E-state index is 5.14. The minimum Gasteiger partial charge on any atom is -0.297 e. The van der Waals surface area contributed by atoms with Gasteiger partial charge in [-0.3, -0.25) is 13.9 Å². The van der Waals surface area contributed by atoms with E-state index in [-0.39, 0.29) is 0 Å². The Morgan fingerprint density at radius 3 is 2.32 bits per heavy atom. The lowest BCUT2D eigenvalue weighted by Gasteiger charge is -2.21. The average Bonchev–Trinajstić information content (AvgIpc) is 3.41. The van der Waals surface area contributed by atoms with Crippen molar-refractivity contribution in [2.75, 3.05) is 13.1 Å². The van der Waals surface area contributed by atoms with Crippen molar-refractivity contribution in [1.82, 2.24) is 18.9 Å². The Bertz CT molecular complexity index is 1230. The molecule has 0 unspecified atom stereocenters. The molecule has 2 aromatic carbocycles. The fourth-order valence-corrected chi connectivity index (χ4v) is 5.26. The fraction of sp³-hybridized carbons (Fsp3) is 0.444. The highest BCUT2D eigenvalue weighted by Crippen LogP contribution is 2.33. The maximum Gasteiger partial charge on any atom is 0.220 e. The largest absolute Gasteiger partial charge is 0.297 e. The summed E-state index contributed by atoms with van der Waals surface area (Å²) < 4.78 is 4.79. The Morgan fingerprint density at radius 1 is 1.00 bits per heavy atom. The van der Waals surface area contributed by atoms with Gasteiger partial charge in [-0.25, -0.2) is 4.98 Å². The van der Waals surface area contributed by atoms with Crippen LogP contribution < -0.4 is 0 Å². The van der Waals surface area contributed by atoms with Gasteiger partial charge in [0.2, 0.25) is 5.78 Å². The highest BCUT2D eigenvalue weighted by Gasteiger charge is 2.26. The Hall–Kier alpha value is -2.59. The van der Waals surface area contributed by atoms with E-state index in [0.717, 1.165) is 30.5 Å². The van der Waals surface area contributed by atoms with Crippen molar-refractivity contribution in [1.29, 1.82) is 0 Å². The van der Waals surface area contributed by atoms with Crippen LogP contribution in [0.4, 0.5) is 0 Å². The second kappa shape index (κ2) is 7.83.